The third-order valence-electron chi connectivity index (χ3n) is 6.42. The number of ether oxygens (including phenoxy) is 2. The average Bonchev–Trinajstić information content (AvgIpc) is 2.83. The van der Waals surface area contributed by atoms with Crippen LogP contribution in [0.1, 0.15) is 18.9 Å². The highest BCUT2D eigenvalue weighted by Gasteiger charge is 2.49. The summed E-state index contributed by atoms with van der Waals surface area (Å²) in [5.74, 6) is 1.04. The van der Waals surface area contributed by atoms with E-state index in [0.717, 1.165) is 16.7 Å². The second kappa shape index (κ2) is 8.62. The number of likely N-dealkylation sites (tertiary alicyclic amines) is 1. The van der Waals surface area contributed by atoms with Crippen LogP contribution in [0.15, 0.2) is 72.8 Å². The molecule has 1 N–H and O–H groups in total. The molecular weight excluding hydrogens is 416 g/mol. The van der Waals surface area contributed by atoms with Crippen LogP contribution in [0.25, 0.3) is 11.1 Å². The van der Waals surface area contributed by atoms with Crippen LogP contribution < -0.4 is 14.8 Å². The number of carbonyl (C=O) groups excluding carboxylic acids is 2. The molecule has 2 aliphatic rings. The Morgan fingerprint density at radius 1 is 0.909 bits per heavy atom. The van der Waals surface area contributed by atoms with Gasteiger partial charge < -0.3 is 19.7 Å². The Kier molecular flexibility index (Phi) is 5.50. The van der Waals surface area contributed by atoms with Gasteiger partial charge in [0.05, 0.1) is 6.42 Å². The quantitative estimate of drug-likeness (QED) is 0.640. The van der Waals surface area contributed by atoms with E-state index in [-0.39, 0.29) is 18.2 Å². The SMILES string of the molecule is CC1(C(=O)Nc2ccc3c(c2)OCCO3)CCN1C(=O)Cc1ccc(-c2ccccc2)cc1. The molecule has 6 nitrogen and oxygen atoms in total. The molecule has 0 bridgehead atoms. The Bertz CT molecular complexity index is 1180. The van der Waals surface area contributed by atoms with Gasteiger partial charge in [0.25, 0.3) is 0 Å². The second-order valence-corrected chi connectivity index (χ2v) is 8.62. The number of amides is 2. The smallest absolute Gasteiger partial charge is 0.250 e. The number of rotatable bonds is 5. The first-order chi connectivity index (χ1) is 16.0. The number of hydrogen-bond acceptors (Lipinski definition) is 4. The van der Waals surface area contributed by atoms with E-state index in [0.29, 0.717) is 43.4 Å². The molecule has 3 aromatic rings. The van der Waals surface area contributed by atoms with Crippen LogP contribution in [-0.4, -0.2) is 42.0 Å². The highest BCUT2D eigenvalue weighted by molar-refractivity contribution is 6.01. The van der Waals surface area contributed by atoms with Crippen LogP contribution in [0.3, 0.4) is 0 Å². The van der Waals surface area contributed by atoms with Crippen LogP contribution in [0.5, 0.6) is 11.5 Å². The molecule has 2 heterocycles. The van der Waals surface area contributed by atoms with Crippen molar-refractivity contribution in [3.8, 4) is 22.6 Å². The van der Waals surface area contributed by atoms with Gasteiger partial charge in [-0.25, -0.2) is 0 Å². The molecule has 0 spiro atoms. The lowest BCUT2D eigenvalue weighted by Crippen LogP contribution is -2.66. The lowest BCUT2D eigenvalue weighted by atomic mass is 9.84. The van der Waals surface area contributed by atoms with Gasteiger partial charge in [-0.15, -0.1) is 0 Å². The Balaban J connectivity index is 1.23. The predicted octanol–water partition coefficient (Wildman–Crippen LogP) is 4.30. The average molecular weight is 443 g/mol. The highest BCUT2D eigenvalue weighted by Crippen LogP contribution is 2.35. The van der Waals surface area contributed by atoms with Crippen LogP contribution in [0, 0.1) is 0 Å². The van der Waals surface area contributed by atoms with Gasteiger partial charge in [0.1, 0.15) is 18.8 Å². The van der Waals surface area contributed by atoms with Gasteiger partial charge in [0, 0.05) is 18.3 Å². The van der Waals surface area contributed by atoms with E-state index < -0.39 is 5.54 Å². The van der Waals surface area contributed by atoms with E-state index >= 15 is 0 Å². The summed E-state index contributed by atoms with van der Waals surface area (Å²) in [6.07, 6.45) is 0.893. The lowest BCUT2D eigenvalue weighted by Gasteiger charge is -2.49. The zero-order valence-corrected chi connectivity index (χ0v) is 18.5. The Labute approximate surface area is 193 Å². The van der Waals surface area contributed by atoms with Gasteiger partial charge in [-0.2, -0.15) is 0 Å². The molecular formula is C27H26N2O4. The van der Waals surface area contributed by atoms with Gasteiger partial charge in [-0.3, -0.25) is 9.59 Å². The first-order valence-corrected chi connectivity index (χ1v) is 11.2. The molecule has 6 heteroatoms. The maximum atomic E-state index is 13.1. The number of anilines is 1. The molecule has 0 aromatic heterocycles. The summed E-state index contributed by atoms with van der Waals surface area (Å²) in [5, 5.41) is 2.94. The van der Waals surface area contributed by atoms with E-state index in [1.807, 2.05) is 49.4 Å². The first kappa shape index (κ1) is 21.1. The van der Waals surface area contributed by atoms with Gasteiger partial charge in [-0.1, -0.05) is 54.6 Å². The van der Waals surface area contributed by atoms with Crippen LogP contribution >= 0.6 is 0 Å². The van der Waals surface area contributed by atoms with Crippen molar-refractivity contribution in [2.24, 2.45) is 0 Å². The zero-order chi connectivity index (χ0) is 22.8. The molecule has 1 atom stereocenters. The molecule has 0 saturated carbocycles. The first-order valence-electron chi connectivity index (χ1n) is 11.2. The standard InChI is InChI=1S/C27H26N2O4/c1-27(26(31)28-22-11-12-23-24(18-22)33-16-15-32-23)13-14-29(27)25(30)17-19-7-9-21(10-8-19)20-5-3-2-4-6-20/h2-12,18H,13-17H2,1H3,(H,28,31). The van der Waals surface area contributed by atoms with Gasteiger partial charge in [-0.05, 0) is 42.2 Å². The van der Waals surface area contributed by atoms with Crippen molar-refractivity contribution in [2.45, 2.75) is 25.3 Å². The van der Waals surface area contributed by atoms with E-state index in [9.17, 15) is 9.59 Å². The predicted molar refractivity (Wildman–Crippen MR) is 126 cm³/mol. The summed E-state index contributed by atoms with van der Waals surface area (Å²) in [7, 11) is 0. The van der Waals surface area contributed by atoms with Crippen LogP contribution in [0.2, 0.25) is 0 Å². The fourth-order valence-corrected chi connectivity index (χ4v) is 4.30. The van der Waals surface area contributed by atoms with E-state index in [2.05, 4.69) is 17.4 Å². The molecule has 1 unspecified atom stereocenters. The van der Waals surface area contributed by atoms with Crippen molar-refractivity contribution >= 4 is 17.5 Å². The Hall–Kier alpha value is -3.80. The van der Waals surface area contributed by atoms with Crippen molar-refractivity contribution in [2.75, 3.05) is 25.1 Å². The van der Waals surface area contributed by atoms with E-state index in [1.165, 1.54) is 0 Å². The number of nitrogens with one attached hydrogen (secondary N) is 1. The minimum atomic E-state index is -0.867. The van der Waals surface area contributed by atoms with Crippen molar-refractivity contribution < 1.29 is 19.1 Å². The molecule has 3 aromatic carbocycles. The number of carbonyl (C=O) groups is 2. The normalized spacial score (nSPS) is 18.9. The maximum absolute atomic E-state index is 13.1. The fourth-order valence-electron chi connectivity index (χ4n) is 4.30. The van der Waals surface area contributed by atoms with Crippen molar-refractivity contribution in [3.63, 3.8) is 0 Å². The number of fused-ring (bicyclic) bond motifs is 1. The largest absolute Gasteiger partial charge is 0.486 e. The molecule has 2 amide bonds. The zero-order valence-electron chi connectivity index (χ0n) is 18.5. The summed E-state index contributed by atoms with van der Waals surface area (Å²) >= 11 is 0. The number of nitrogens with zero attached hydrogens (tertiary/aromatic N) is 1. The molecule has 5 rings (SSSR count). The van der Waals surface area contributed by atoms with E-state index in [1.54, 1.807) is 23.1 Å². The highest BCUT2D eigenvalue weighted by atomic mass is 16.6. The summed E-state index contributed by atoms with van der Waals surface area (Å²) < 4.78 is 11.1. The summed E-state index contributed by atoms with van der Waals surface area (Å²) in [5.41, 5.74) is 2.94. The number of hydrogen-bond donors (Lipinski definition) is 1. The molecule has 0 radical (unpaired) electrons. The molecule has 168 valence electrons. The van der Waals surface area contributed by atoms with Crippen LogP contribution in [-0.2, 0) is 16.0 Å². The Morgan fingerprint density at radius 2 is 1.61 bits per heavy atom. The van der Waals surface area contributed by atoms with Crippen molar-refractivity contribution in [1.82, 2.24) is 4.90 Å². The van der Waals surface area contributed by atoms with Crippen LogP contribution in [0.4, 0.5) is 5.69 Å². The molecule has 0 aliphatic carbocycles. The lowest BCUT2D eigenvalue weighted by molar-refractivity contribution is -0.154. The summed E-state index contributed by atoms with van der Waals surface area (Å²) in [6.45, 7) is 3.39. The maximum Gasteiger partial charge on any atom is 0.250 e. The molecule has 1 fully saturated rings. The monoisotopic (exact) mass is 442 g/mol. The Morgan fingerprint density at radius 3 is 2.30 bits per heavy atom. The third-order valence-corrected chi connectivity index (χ3v) is 6.42. The minimum Gasteiger partial charge on any atom is -0.486 e. The summed E-state index contributed by atoms with van der Waals surface area (Å²) in [4.78, 5) is 27.8. The minimum absolute atomic E-state index is 0.0477. The third kappa shape index (κ3) is 4.16. The van der Waals surface area contributed by atoms with Gasteiger partial charge in [0.2, 0.25) is 11.8 Å². The molecule has 1 saturated heterocycles. The molecule has 33 heavy (non-hydrogen) atoms. The van der Waals surface area contributed by atoms with Gasteiger partial charge >= 0.3 is 0 Å². The summed E-state index contributed by atoms with van der Waals surface area (Å²) in [6, 6.07) is 23.5. The molecule has 2 aliphatic heterocycles. The number of benzene rings is 3. The second-order valence-electron chi connectivity index (χ2n) is 8.62. The van der Waals surface area contributed by atoms with Crippen molar-refractivity contribution in [3.05, 3.63) is 78.4 Å². The van der Waals surface area contributed by atoms with Crippen molar-refractivity contribution in [1.29, 1.82) is 0 Å². The fraction of sp³-hybridized carbons (Fsp3) is 0.259. The van der Waals surface area contributed by atoms with E-state index in [4.69, 9.17) is 9.47 Å². The topological polar surface area (TPSA) is 67.9 Å². The van der Waals surface area contributed by atoms with Gasteiger partial charge in [0.15, 0.2) is 11.5 Å².